The summed E-state index contributed by atoms with van der Waals surface area (Å²) in [5.41, 5.74) is 0. The molecule has 0 saturated carbocycles. The van der Waals surface area contributed by atoms with Crippen molar-refractivity contribution in [2.45, 2.75) is 0 Å². The molecular formula is C6H7BaO4P. The monoisotopic (exact) mass is 312 g/mol. The zero-order valence-corrected chi connectivity index (χ0v) is 11.6. The molecule has 0 heterocycles. The molecule has 2 N–H and O–H groups in total. The van der Waals surface area contributed by atoms with E-state index < -0.39 is 7.82 Å². The Morgan fingerprint density at radius 1 is 1.17 bits per heavy atom. The van der Waals surface area contributed by atoms with Crippen molar-refractivity contribution in [3.63, 3.8) is 0 Å². The van der Waals surface area contributed by atoms with Gasteiger partial charge in [-0.15, -0.1) is 0 Å². The van der Waals surface area contributed by atoms with Crippen LogP contribution >= 0.6 is 7.82 Å². The van der Waals surface area contributed by atoms with E-state index in [2.05, 4.69) is 4.52 Å². The normalized spacial score (nSPS) is 10.2. The van der Waals surface area contributed by atoms with E-state index in [0.717, 1.165) is 0 Å². The van der Waals surface area contributed by atoms with E-state index in [9.17, 15) is 4.57 Å². The van der Waals surface area contributed by atoms with Crippen molar-refractivity contribution in [2.24, 2.45) is 0 Å². The first-order valence-corrected chi connectivity index (χ1v) is 4.41. The molecule has 62 valence electrons. The van der Waals surface area contributed by atoms with Crippen LogP contribution in [0.2, 0.25) is 0 Å². The summed E-state index contributed by atoms with van der Waals surface area (Å²) >= 11 is 0. The van der Waals surface area contributed by atoms with Crippen LogP contribution in [0.15, 0.2) is 30.3 Å². The van der Waals surface area contributed by atoms with Gasteiger partial charge in [-0.05, 0) is 12.1 Å². The molecule has 0 aliphatic heterocycles. The van der Waals surface area contributed by atoms with Crippen molar-refractivity contribution < 1.29 is 18.9 Å². The summed E-state index contributed by atoms with van der Waals surface area (Å²) in [5, 5.41) is 0. The first-order chi connectivity index (χ1) is 5.08. The van der Waals surface area contributed by atoms with Crippen molar-refractivity contribution in [1.82, 2.24) is 0 Å². The van der Waals surface area contributed by atoms with Gasteiger partial charge >= 0.3 is 7.82 Å². The average Bonchev–Trinajstić information content (AvgIpc) is 1.85. The SMILES string of the molecule is O=P(O)(O)Oc1ccccc1.[Ba]. The molecule has 0 fully saturated rings. The minimum Gasteiger partial charge on any atom is -0.404 e. The third-order valence-corrected chi connectivity index (χ3v) is 1.42. The molecule has 0 spiro atoms. The fourth-order valence-electron chi connectivity index (χ4n) is 0.619. The molecular weight excluding hydrogens is 304 g/mol. The van der Waals surface area contributed by atoms with Crippen LogP contribution in [0, 0.1) is 0 Å². The third-order valence-electron chi connectivity index (χ3n) is 0.968. The maximum atomic E-state index is 10.3. The second-order valence-electron chi connectivity index (χ2n) is 1.89. The van der Waals surface area contributed by atoms with Gasteiger partial charge < -0.3 is 4.52 Å². The van der Waals surface area contributed by atoms with E-state index in [0.29, 0.717) is 0 Å². The third kappa shape index (κ3) is 5.40. The summed E-state index contributed by atoms with van der Waals surface area (Å²) in [4.78, 5) is 16.7. The number of hydrogen-bond donors (Lipinski definition) is 2. The van der Waals surface area contributed by atoms with Crippen LogP contribution in [0.3, 0.4) is 0 Å². The fraction of sp³-hybridized carbons (Fsp3) is 0. The van der Waals surface area contributed by atoms with Crippen molar-refractivity contribution in [3.8, 4) is 5.75 Å². The quantitative estimate of drug-likeness (QED) is 0.626. The van der Waals surface area contributed by atoms with Crippen LogP contribution in [0.1, 0.15) is 0 Å². The Kier molecular flexibility index (Phi) is 5.80. The number of para-hydroxylation sites is 1. The average molecular weight is 311 g/mol. The van der Waals surface area contributed by atoms with Crippen LogP contribution in [0.5, 0.6) is 5.75 Å². The summed E-state index contributed by atoms with van der Waals surface area (Å²) in [6, 6.07) is 7.93. The number of phosphoric ester groups is 1. The smallest absolute Gasteiger partial charge is 0.404 e. The van der Waals surface area contributed by atoms with E-state index in [1.165, 1.54) is 12.1 Å². The van der Waals surface area contributed by atoms with Gasteiger partial charge in [0, 0.05) is 48.9 Å². The van der Waals surface area contributed by atoms with Gasteiger partial charge in [0.05, 0.1) is 0 Å². The maximum absolute atomic E-state index is 10.3. The predicted molar refractivity (Wildman–Crippen MR) is 44.9 cm³/mol. The number of phosphoric acid groups is 1. The molecule has 4 nitrogen and oxygen atoms in total. The molecule has 0 unspecified atom stereocenters. The van der Waals surface area contributed by atoms with Crippen LogP contribution in [-0.2, 0) is 4.57 Å². The van der Waals surface area contributed by atoms with Crippen molar-refractivity contribution >= 4 is 56.7 Å². The summed E-state index contributed by atoms with van der Waals surface area (Å²) in [5.74, 6) is 0.167. The molecule has 1 aromatic carbocycles. The molecule has 0 atom stereocenters. The largest absolute Gasteiger partial charge is 0.524 e. The van der Waals surface area contributed by atoms with Crippen LogP contribution in [0.4, 0.5) is 0 Å². The molecule has 12 heavy (non-hydrogen) atoms. The molecule has 6 heteroatoms. The second kappa shape index (κ2) is 5.47. The predicted octanol–water partition coefficient (Wildman–Crippen LogP) is 0.777. The Labute approximate surface area is 110 Å². The van der Waals surface area contributed by atoms with E-state index in [1.54, 1.807) is 18.2 Å². The van der Waals surface area contributed by atoms with Crippen molar-refractivity contribution in [3.05, 3.63) is 30.3 Å². The van der Waals surface area contributed by atoms with E-state index in [4.69, 9.17) is 9.79 Å². The molecule has 1 rings (SSSR count). The first kappa shape index (κ1) is 12.7. The van der Waals surface area contributed by atoms with Gasteiger partial charge in [-0.2, -0.15) is 0 Å². The second-order valence-corrected chi connectivity index (χ2v) is 3.06. The molecule has 0 aliphatic rings. The number of hydrogen-bond acceptors (Lipinski definition) is 2. The molecule has 0 aliphatic carbocycles. The van der Waals surface area contributed by atoms with E-state index in [1.807, 2.05) is 0 Å². The molecule has 0 saturated heterocycles. The molecule has 2 radical (unpaired) electrons. The van der Waals surface area contributed by atoms with Gasteiger partial charge in [0.25, 0.3) is 0 Å². The number of benzene rings is 1. The van der Waals surface area contributed by atoms with Crippen molar-refractivity contribution in [2.75, 3.05) is 0 Å². The minimum atomic E-state index is -4.39. The Morgan fingerprint density at radius 3 is 2.08 bits per heavy atom. The topological polar surface area (TPSA) is 66.8 Å². The summed E-state index contributed by atoms with van der Waals surface area (Å²) in [6.45, 7) is 0. The summed E-state index contributed by atoms with van der Waals surface area (Å²) in [7, 11) is -4.39. The number of rotatable bonds is 2. The maximum Gasteiger partial charge on any atom is 0.524 e. The Morgan fingerprint density at radius 2 is 1.67 bits per heavy atom. The van der Waals surface area contributed by atoms with Gasteiger partial charge in [0.1, 0.15) is 5.75 Å². The summed E-state index contributed by atoms with van der Waals surface area (Å²) < 4.78 is 14.5. The Balaban J connectivity index is 0.00000121. The Hall–Kier alpha value is 0.741. The molecule has 0 aromatic heterocycles. The van der Waals surface area contributed by atoms with Gasteiger partial charge in [0.2, 0.25) is 0 Å². The van der Waals surface area contributed by atoms with E-state index in [-0.39, 0.29) is 54.6 Å². The van der Waals surface area contributed by atoms with Gasteiger partial charge in [-0.25, -0.2) is 4.57 Å². The van der Waals surface area contributed by atoms with Gasteiger partial charge in [0.15, 0.2) is 0 Å². The standard InChI is InChI=1S/C6H7O4P.Ba/c7-11(8,9)10-6-4-2-1-3-5-6;/h1-5H,(H2,7,8,9);. The van der Waals surface area contributed by atoms with Crippen LogP contribution < -0.4 is 4.52 Å². The van der Waals surface area contributed by atoms with Crippen LogP contribution in [0.25, 0.3) is 0 Å². The van der Waals surface area contributed by atoms with Crippen LogP contribution in [-0.4, -0.2) is 58.7 Å². The Bertz CT molecular complexity index is 270. The first-order valence-electron chi connectivity index (χ1n) is 2.88. The molecule has 0 bridgehead atoms. The van der Waals surface area contributed by atoms with Gasteiger partial charge in [-0.1, -0.05) is 18.2 Å². The fourth-order valence-corrected chi connectivity index (χ4v) is 1.02. The van der Waals surface area contributed by atoms with E-state index >= 15 is 0 Å². The van der Waals surface area contributed by atoms with Crippen molar-refractivity contribution in [1.29, 1.82) is 0 Å². The zero-order chi connectivity index (χ0) is 8.32. The molecule has 1 aromatic rings. The van der Waals surface area contributed by atoms with Gasteiger partial charge in [-0.3, -0.25) is 9.79 Å². The molecule has 0 amide bonds. The minimum absolute atomic E-state index is 0. The summed E-state index contributed by atoms with van der Waals surface area (Å²) in [6.07, 6.45) is 0. The zero-order valence-electron chi connectivity index (χ0n) is 6.25.